The van der Waals surface area contributed by atoms with E-state index in [4.69, 9.17) is 11.5 Å². The summed E-state index contributed by atoms with van der Waals surface area (Å²) in [6.07, 6.45) is -4.11. The summed E-state index contributed by atoms with van der Waals surface area (Å²) in [6, 6.07) is 4.70. The van der Waals surface area contributed by atoms with Gasteiger partial charge in [0.15, 0.2) is 0 Å². The van der Waals surface area contributed by atoms with E-state index in [1.807, 2.05) is 6.92 Å². The molecule has 1 aromatic carbocycles. The summed E-state index contributed by atoms with van der Waals surface area (Å²) in [5.74, 6) is -2.93. The molecule has 5 N–H and O–H groups in total. The summed E-state index contributed by atoms with van der Waals surface area (Å²) in [4.78, 5) is 40.8. The molecule has 35 heavy (non-hydrogen) atoms. The van der Waals surface area contributed by atoms with Crippen molar-refractivity contribution in [3.05, 3.63) is 35.4 Å². The predicted molar refractivity (Wildman–Crippen MR) is 123 cm³/mol. The minimum absolute atomic E-state index is 0.0115. The van der Waals surface area contributed by atoms with Crippen molar-refractivity contribution in [1.29, 1.82) is 0 Å². The van der Waals surface area contributed by atoms with Crippen molar-refractivity contribution >= 4 is 17.7 Å². The molecule has 2 aliphatic heterocycles. The van der Waals surface area contributed by atoms with Crippen LogP contribution < -0.4 is 16.8 Å². The highest BCUT2D eigenvalue weighted by molar-refractivity contribution is 5.90. The molecule has 1 aromatic rings. The van der Waals surface area contributed by atoms with Gasteiger partial charge in [-0.15, -0.1) is 0 Å². The molecule has 2 aliphatic rings. The number of carbonyl (C=O) groups is 3. The third-order valence-corrected chi connectivity index (χ3v) is 6.84. The first-order valence-electron chi connectivity index (χ1n) is 12.0. The first kappa shape index (κ1) is 26.9. The number of carbonyl (C=O) groups excluding carboxylic acids is 3. The second-order valence-corrected chi connectivity index (χ2v) is 9.60. The maximum atomic E-state index is 13.5. The SMILES string of the molecule is CC1CCN(C(=O)CC[C@@H](N)C(=O)N2C[C@@H](C(F)(F)F)C[C@H]2C(=O)NCc2ccc(CN)cc2)C1. The number of nitrogens with two attached hydrogens (primary N) is 2. The van der Waals surface area contributed by atoms with E-state index in [1.54, 1.807) is 29.2 Å². The average molecular weight is 498 g/mol. The van der Waals surface area contributed by atoms with Gasteiger partial charge >= 0.3 is 6.18 Å². The number of hydrogen-bond donors (Lipinski definition) is 3. The summed E-state index contributed by atoms with van der Waals surface area (Å²) in [5, 5.41) is 2.63. The highest BCUT2D eigenvalue weighted by Crippen LogP contribution is 2.37. The normalized spacial score (nSPS) is 23.4. The first-order valence-corrected chi connectivity index (χ1v) is 12.0. The number of halogens is 3. The van der Waals surface area contributed by atoms with Gasteiger partial charge in [-0.2, -0.15) is 13.2 Å². The van der Waals surface area contributed by atoms with Crippen LogP contribution in [-0.4, -0.2) is 65.4 Å². The summed E-state index contributed by atoms with van der Waals surface area (Å²) < 4.78 is 40.4. The third kappa shape index (κ3) is 6.94. The Bertz CT molecular complexity index is 909. The van der Waals surface area contributed by atoms with Crippen molar-refractivity contribution in [2.45, 2.75) is 64.0 Å². The molecule has 3 rings (SSSR count). The number of rotatable bonds is 8. The molecule has 0 aromatic heterocycles. The number of hydrogen-bond acceptors (Lipinski definition) is 5. The van der Waals surface area contributed by atoms with Gasteiger partial charge in [0, 0.05) is 39.1 Å². The van der Waals surface area contributed by atoms with Gasteiger partial charge in [-0.25, -0.2) is 0 Å². The van der Waals surface area contributed by atoms with Crippen molar-refractivity contribution in [1.82, 2.24) is 15.1 Å². The fraction of sp³-hybridized carbons (Fsp3) is 0.625. The Morgan fingerprint density at radius 3 is 2.37 bits per heavy atom. The lowest BCUT2D eigenvalue weighted by atomic mass is 10.0. The summed E-state index contributed by atoms with van der Waals surface area (Å²) in [7, 11) is 0. The molecule has 194 valence electrons. The summed E-state index contributed by atoms with van der Waals surface area (Å²) in [5.41, 5.74) is 13.2. The van der Waals surface area contributed by atoms with E-state index < -0.39 is 49.0 Å². The molecule has 2 fully saturated rings. The smallest absolute Gasteiger partial charge is 0.350 e. The quantitative estimate of drug-likeness (QED) is 0.503. The van der Waals surface area contributed by atoms with Crippen LogP contribution in [0.4, 0.5) is 13.2 Å². The molecule has 11 heteroatoms. The van der Waals surface area contributed by atoms with E-state index in [0.29, 0.717) is 25.6 Å². The molecule has 3 amide bonds. The number of benzene rings is 1. The number of likely N-dealkylation sites (tertiary alicyclic amines) is 2. The molecule has 1 unspecified atom stereocenters. The highest BCUT2D eigenvalue weighted by atomic mass is 19.4. The van der Waals surface area contributed by atoms with Crippen molar-refractivity contribution < 1.29 is 27.6 Å². The minimum Gasteiger partial charge on any atom is -0.350 e. The monoisotopic (exact) mass is 497 g/mol. The van der Waals surface area contributed by atoms with Gasteiger partial charge in [-0.05, 0) is 36.3 Å². The molecule has 8 nitrogen and oxygen atoms in total. The van der Waals surface area contributed by atoms with Crippen LogP contribution >= 0.6 is 0 Å². The minimum atomic E-state index is -4.54. The second kappa shape index (κ2) is 11.4. The number of nitrogens with zero attached hydrogens (tertiary/aromatic N) is 2. The largest absolute Gasteiger partial charge is 0.393 e. The summed E-state index contributed by atoms with van der Waals surface area (Å²) >= 11 is 0. The van der Waals surface area contributed by atoms with Gasteiger partial charge in [-0.1, -0.05) is 31.2 Å². The maximum absolute atomic E-state index is 13.5. The predicted octanol–water partition coefficient (Wildman–Crippen LogP) is 1.52. The van der Waals surface area contributed by atoms with Gasteiger partial charge in [-0.3, -0.25) is 14.4 Å². The Hall–Kier alpha value is -2.66. The zero-order valence-electron chi connectivity index (χ0n) is 19.9. The van der Waals surface area contributed by atoms with Gasteiger partial charge in [0.05, 0.1) is 12.0 Å². The topological polar surface area (TPSA) is 122 Å². The van der Waals surface area contributed by atoms with Gasteiger partial charge in [0.25, 0.3) is 0 Å². The van der Waals surface area contributed by atoms with E-state index in [1.165, 1.54) is 0 Å². The van der Waals surface area contributed by atoms with Crippen molar-refractivity contribution in [3.63, 3.8) is 0 Å². The second-order valence-electron chi connectivity index (χ2n) is 9.60. The molecular weight excluding hydrogens is 463 g/mol. The fourth-order valence-electron chi connectivity index (χ4n) is 4.60. The Labute approximate surface area is 203 Å². The zero-order chi connectivity index (χ0) is 25.8. The lowest BCUT2D eigenvalue weighted by molar-refractivity contribution is -0.171. The van der Waals surface area contributed by atoms with Crippen LogP contribution in [0.15, 0.2) is 24.3 Å². The van der Waals surface area contributed by atoms with Gasteiger partial charge in [0.2, 0.25) is 17.7 Å². The van der Waals surface area contributed by atoms with Crippen molar-refractivity contribution in [3.8, 4) is 0 Å². The molecule has 4 atom stereocenters. The Kier molecular flexibility index (Phi) is 8.76. The first-order chi connectivity index (χ1) is 16.5. The van der Waals surface area contributed by atoms with Crippen LogP contribution in [0.2, 0.25) is 0 Å². The summed E-state index contributed by atoms with van der Waals surface area (Å²) in [6.45, 7) is 3.20. The van der Waals surface area contributed by atoms with E-state index in [9.17, 15) is 27.6 Å². The van der Waals surface area contributed by atoms with E-state index in [-0.39, 0.29) is 25.3 Å². The van der Waals surface area contributed by atoms with Crippen molar-refractivity contribution in [2.24, 2.45) is 23.3 Å². The highest BCUT2D eigenvalue weighted by Gasteiger charge is 2.51. The Balaban J connectivity index is 1.61. The number of amides is 3. The van der Waals surface area contributed by atoms with E-state index in [0.717, 1.165) is 22.4 Å². The standard InChI is InChI=1S/C24H34F3N5O3/c1-15-8-9-31(13-15)21(33)7-6-19(29)23(35)32-14-18(24(25,26)27)10-20(32)22(34)30-12-17-4-2-16(11-28)3-5-17/h2-5,15,18-20H,6-14,28-29H2,1H3,(H,30,34)/t15?,18-,19+,20-/m0/s1. The van der Waals surface area contributed by atoms with Crippen LogP contribution in [0.1, 0.15) is 43.7 Å². The average Bonchev–Trinajstić information content (AvgIpc) is 3.47. The number of nitrogens with one attached hydrogen (secondary N) is 1. The molecule has 2 saturated heterocycles. The fourth-order valence-corrected chi connectivity index (χ4v) is 4.60. The molecule has 2 heterocycles. The molecule has 0 saturated carbocycles. The van der Waals surface area contributed by atoms with Crippen LogP contribution in [0.3, 0.4) is 0 Å². The van der Waals surface area contributed by atoms with Crippen molar-refractivity contribution in [2.75, 3.05) is 19.6 Å². The maximum Gasteiger partial charge on any atom is 0.393 e. The zero-order valence-corrected chi connectivity index (χ0v) is 19.9. The Morgan fingerprint density at radius 1 is 1.14 bits per heavy atom. The van der Waals surface area contributed by atoms with Gasteiger partial charge < -0.3 is 26.6 Å². The van der Waals surface area contributed by atoms with Crippen LogP contribution in [0, 0.1) is 11.8 Å². The van der Waals surface area contributed by atoms with E-state index >= 15 is 0 Å². The Morgan fingerprint density at radius 2 is 1.80 bits per heavy atom. The molecule has 0 spiro atoms. The number of alkyl halides is 3. The third-order valence-electron chi connectivity index (χ3n) is 6.84. The molecule has 0 radical (unpaired) electrons. The van der Waals surface area contributed by atoms with Crippen LogP contribution in [-0.2, 0) is 27.5 Å². The van der Waals surface area contributed by atoms with E-state index in [2.05, 4.69) is 5.32 Å². The van der Waals surface area contributed by atoms with Crippen LogP contribution in [0.25, 0.3) is 0 Å². The molecular formula is C24H34F3N5O3. The lowest BCUT2D eigenvalue weighted by Crippen LogP contribution is -2.51. The molecule has 0 aliphatic carbocycles. The lowest BCUT2D eigenvalue weighted by Gasteiger charge is -2.27. The van der Waals surface area contributed by atoms with Crippen LogP contribution in [0.5, 0.6) is 0 Å². The van der Waals surface area contributed by atoms with Gasteiger partial charge in [0.1, 0.15) is 6.04 Å². The molecule has 0 bridgehead atoms.